The van der Waals surface area contributed by atoms with Crippen molar-refractivity contribution in [1.29, 1.82) is 0 Å². The van der Waals surface area contributed by atoms with Gasteiger partial charge in [0.2, 0.25) is 0 Å². The molecule has 0 unspecified atom stereocenters. The second-order valence-electron chi connectivity index (χ2n) is 24.6. The zero-order valence-electron chi connectivity index (χ0n) is 53.0. The van der Waals surface area contributed by atoms with Crippen molar-refractivity contribution in [3.8, 4) is 34.1 Å². The van der Waals surface area contributed by atoms with E-state index in [0.717, 1.165) is 96.2 Å². The number of carboxylic acids is 1. The van der Waals surface area contributed by atoms with Crippen molar-refractivity contribution in [3.05, 3.63) is 247 Å². The molecule has 0 aliphatic carbocycles. The van der Waals surface area contributed by atoms with E-state index < -0.39 is 18.1 Å². The van der Waals surface area contributed by atoms with Crippen LogP contribution in [0.4, 0.5) is 17.1 Å². The smallest absolute Gasteiger partial charge is 0.656 e. The van der Waals surface area contributed by atoms with Crippen molar-refractivity contribution in [1.82, 2.24) is 34.0 Å². The van der Waals surface area contributed by atoms with E-state index in [1.54, 1.807) is 17.6 Å². The van der Waals surface area contributed by atoms with Crippen LogP contribution in [0.2, 0.25) is 0 Å². The van der Waals surface area contributed by atoms with E-state index in [2.05, 4.69) is 155 Å². The van der Waals surface area contributed by atoms with E-state index in [1.165, 1.54) is 20.6 Å². The van der Waals surface area contributed by atoms with Gasteiger partial charge in [-0.2, -0.15) is 0 Å². The van der Waals surface area contributed by atoms with Gasteiger partial charge in [0.15, 0.2) is 0 Å². The van der Waals surface area contributed by atoms with Gasteiger partial charge in [0.05, 0.1) is 33.0 Å². The van der Waals surface area contributed by atoms with Crippen LogP contribution in [0.15, 0.2) is 167 Å². The summed E-state index contributed by atoms with van der Waals surface area (Å²) in [6, 6.07) is 53.6. The molecule has 3 aliphatic rings. The summed E-state index contributed by atoms with van der Waals surface area (Å²) in [7, 11) is 0. The Bertz CT molecular complexity index is 5290. The first-order valence-corrected chi connectivity index (χ1v) is 33.4. The predicted molar refractivity (Wildman–Crippen MR) is 384 cm³/mol. The fourth-order valence-electron chi connectivity index (χ4n) is 11.7. The number of thioether (sulfide) groups is 1. The Balaban J connectivity index is 0.00000848. The van der Waals surface area contributed by atoms with Gasteiger partial charge in [-0.25, -0.2) is 9.97 Å². The molecule has 462 valence electrons. The van der Waals surface area contributed by atoms with Gasteiger partial charge in [-0.1, -0.05) is 210 Å². The van der Waals surface area contributed by atoms with Gasteiger partial charge < -0.3 is 24.5 Å². The van der Waals surface area contributed by atoms with E-state index in [9.17, 15) is 24.3 Å². The fourth-order valence-corrected chi connectivity index (χ4v) is 15.4. The maximum atomic E-state index is 14.2. The summed E-state index contributed by atoms with van der Waals surface area (Å²) in [5, 5.41) is 10.7. The van der Waals surface area contributed by atoms with Gasteiger partial charge in [-0.05, 0) is 130 Å². The zero-order chi connectivity index (χ0) is 65.0. The van der Waals surface area contributed by atoms with Gasteiger partial charge in [0.1, 0.15) is 30.4 Å². The van der Waals surface area contributed by atoms with Crippen molar-refractivity contribution in [2.24, 2.45) is 0 Å². The van der Waals surface area contributed by atoms with Gasteiger partial charge in [0, 0.05) is 35.6 Å². The number of aromatic nitrogens is 6. The number of carbonyl (C=O) groups is 2. The largest absolute Gasteiger partial charge is 2.00 e. The van der Waals surface area contributed by atoms with Crippen LogP contribution in [0, 0.1) is 21.2 Å². The summed E-state index contributed by atoms with van der Waals surface area (Å²) in [6.45, 7) is 17.0. The van der Waals surface area contributed by atoms with Crippen molar-refractivity contribution >= 4 is 137 Å². The number of fused-ring (bicyclic) bond motifs is 8. The summed E-state index contributed by atoms with van der Waals surface area (Å²) in [5.41, 5.74) is 15.5. The van der Waals surface area contributed by atoms with Gasteiger partial charge >= 0.3 is 25.4 Å². The van der Waals surface area contributed by atoms with Gasteiger partial charge in [-0.15, -0.1) is 33.4 Å². The average molecular weight is 1360 g/mol. The molecule has 0 spiro atoms. The van der Waals surface area contributed by atoms with Crippen LogP contribution in [0.3, 0.4) is 0 Å². The first kappa shape index (κ1) is 64.8. The van der Waals surface area contributed by atoms with Crippen molar-refractivity contribution < 1.29 is 34.2 Å². The molecule has 8 bridgehead atoms. The molecule has 0 radical (unpaired) electrons. The Labute approximate surface area is 573 Å². The number of anilines is 3. The topological polar surface area (TPSA) is 159 Å². The molecule has 0 atom stereocenters. The van der Waals surface area contributed by atoms with Crippen LogP contribution in [-0.2, 0) is 53.0 Å². The normalized spacial score (nSPS) is 14.1. The third-order valence-electron chi connectivity index (χ3n) is 16.4. The van der Waals surface area contributed by atoms with E-state index in [4.69, 9.17) is 32.2 Å². The van der Waals surface area contributed by atoms with E-state index >= 15 is 0 Å². The Kier molecular flexibility index (Phi) is 18.1. The molecule has 13 rings (SSSR count). The minimum absolute atomic E-state index is 0. The zero-order valence-corrected chi connectivity index (χ0v) is 59.3. The number of hydrogen-bond donors (Lipinski definition) is 1. The van der Waals surface area contributed by atoms with Crippen LogP contribution in [0.25, 0.3) is 79.7 Å². The molecule has 0 saturated carbocycles. The first-order chi connectivity index (χ1) is 44.7. The molecule has 13 nitrogen and oxygen atoms in total. The number of benzene rings is 5. The maximum Gasteiger partial charge on any atom is 2.00 e. The van der Waals surface area contributed by atoms with Crippen LogP contribution >= 0.6 is 46.7 Å². The van der Waals surface area contributed by atoms with Crippen LogP contribution in [-0.4, -0.2) is 51.7 Å². The van der Waals surface area contributed by atoms with Crippen LogP contribution in [0.5, 0.6) is 0 Å². The summed E-state index contributed by atoms with van der Waals surface area (Å²) in [6.07, 6.45) is 9.85. The molecular weight excluding hydrogens is 1300 g/mol. The molecule has 1 amide bonds. The molecule has 94 heavy (non-hydrogen) atoms. The number of carboxylic acid groups (broad SMARTS) is 1. The number of hydrogen-bond acceptors (Lipinski definition) is 11. The van der Waals surface area contributed by atoms with Crippen LogP contribution < -0.4 is 35.1 Å². The number of rotatable bonds is 10. The molecule has 1 N–H and O–H groups in total. The molecular formula is C76H62N8O5S4Zn. The summed E-state index contributed by atoms with van der Waals surface area (Å²) in [4.78, 5) is 79.0. The number of carbonyl (C=O) groups excluding carboxylic acids is 1. The maximum absolute atomic E-state index is 14.2. The number of thiocarbonyl (C=S) groups is 1. The second-order valence-corrected chi connectivity index (χ2v) is 28.3. The van der Waals surface area contributed by atoms with Gasteiger partial charge in [-0.3, -0.25) is 28.6 Å². The molecule has 1 saturated heterocycles. The van der Waals surface area contributed by atoms with E-state index in [-0.39, 0.29) is 55.0 Å². The van der Waals surface area contributed by atoms with E-state index in [0.29, 0.717) is 66.6 Å². The standard InChI is InChI=1S/C76H64N8O5S4.Zn/c1-9-81-67(70-82(10-2)69(88)74(90)93-70)73(89)92-71(81)72-83(44-63(85)86)68(87)62(91-72)43-46-23-21-45(22-24-46)25-34-53-54-35-37-56(77-54)64(47-17-13-11-14-18-47)58-39-41-60(79-58)66(61-42-40-59(80-61)65(48-19-15-12-16-20-48)57-38-36-55(53)78-57)84(51-30-26-49(27-31-51)75(3,4)5)52-32-28-50(29-33-52)76(6,7)8;/h11-24,26-33,35-43H,9-10,44H2,1-8H3,(H3,77,78,79,80,85,86,87,88,90);/q;+2/p-2/b54-53?,55-53?,64-56?,64-58?,65-57?,65-59?,66-60?,66-61?,70-67+,72-71+;. The number of thiazole rings is 2. The Hall–Kier alpha value is -9.34. The van der Waals surface area contributed by atoms with E-state index in [1.807, 2.05) is 91.9 Å². The summed E-state index contributed by atoms with van der Waals surface area (Å²) in [5.74, 6) is 5.34. The predicted octanol–water partition coefficient (Wildman–Crippen LogP) is 14.4. The molecule has 1 fully saturated rings. The minimum Gasteiger partial charge on any atom is -0.656 e. The SMILES string of the molecule is CCN1C(=O)C(=S)S/C1=c1\c(=O)s/c(=c2/sc(=Cc3ccc(C#Cc4c5nc(c(-c6ccccc6)c6ccc([n-]6)c(N(c6ccc(C(C)(C)C)cc6)c6ccc(C(C)(C)C)cc6)c6nc(c(-c7ccccc7)c7ccc4[n-]7)C=C6)C=C5)cc3)c(=O)n2CC(=O)O)n1CC.[Zn+2]. The average Bonchev–Trinajstić information content (AvgIpc) is 1.58. The number of amides is 1. The Morgan fingerprint density at radius 3 is 1.66 bits per heavy atom. The summed E-state index contributed by atoms with van der Waals surface area (Å²) >= 11 is 8.40. The molecule has 10 aromatic rings. The van der Waals surface area contributed by atoms with Crippen molar-refractivity contribution in [2.45, 2.75) is 79.3 Å². The quantitative estimate of drug-likeness (QED) is 0.0786. The van der Waals surface area contributed by atoms with Crippen molar-refractivity contribution in [3.63, 3.8) is 0 Å². The first-order valence-electron chi connectivity index (χ1n) is 30.5. The van der Waals surface area contributed by atoms with Gasteiger partial charge in [0.25, 0.3) is 16.2 Å². The molecule has 5 aromatic carbocycles. The monoisotopic (exact) mass is 1360 g/mol. The number of nitrogens with zero attached hydrogens (tertiary/aromatic N) is 8. The van der Waals surface area contributed by atoms with Crippen molar-refractivity contribution in [2.75, 3.05) is 11.4 Å². The third-order valence-corrected chi connectivity index (χ3v) is 20.1. The molecule has 5 aromatic heterocycles. The third kappa shape index (κ3) is 12.5. The Morgan fingerprint density at radius 1 is 0.606 bits per heavy atom. The molecule has 18 heteroatoms. The molecule has 8 heterocycles. The Morgan fingerprint density at radius 2 is 1.12 bits per heavy atom. The van der Waals surface area contributed by atoms with Crippen LogP contribution in [0.1, 0.15) is 106 Å². The summed E-state index contributed by atoms with van der Waals surface area (Å²) < 4.78 is 3.71. The second kappa shape index (κ2) is 26.2. The molecule has 3 aliphatic heterocycles. The number of aliphatic carboxylic acids is 1. The minimum atomic E-state index is -1.22. The fraction of sp³-hybridized carbons (Fsp3) is 0.171.